The zero-order valence-corrected chi connectivity index (χ0v) is 85.5. The van der Waals surface area contributed by atoms with Crippen molar-refractivity contribution in [1.29, 1.82) is 0 Å². The minimum Gasteiger partial charge on any atom is -0.462 e. The number of allylic oxidation sites excluding steroid dienone is 15. The number of aliphatic hydroxyl groups excluding tert-OH is 5. The van der Waals surface area contributed by atoms with E-state index < -0.39 is 29.1 Å². The van der Waals surface area contributed by atoms with Gasteiger partial charge in [0.1, 0.15) is 48.8 Å². The predicted octanol–water partition coefficient (Wildman–Crippen LogP) is 21.1. The summed E-state index contributed by atoms with van der Waals surface area (Å²) in [5.41, 5.74) is 5.50. The molecule has 15 rings (SSSR count). The van der Waals surface area contributed by atoms with Crippen LogP contribution in [0.3, 0.4) is 0 Å². The maximum Gasteiger partial charge on any atom is 0.311 e. The molecule has 0 aromatic carbocycles. The van der Waals surface area contributed by atoms with Gasteiger partial charge in [-0.1, -0.05) is 202 Å². The molecule has 0 radical (unpaired) electrons. The average Bonchev–Trinajstić information content (AvgIpc) is 0.810. The van der Waals surface area contributed by atoms with E-state index >= 15 is 0 Å². The molecule has 0 spiro atoms. The summed E-state index contributed by atoms with van der Waals surface area (Å²) in [6.45, 7) is 42.1. The standard InChI is InChI=1S/C26H40O4.C25H38O5.C24H36O5.C20H30O3.C19H28O4/c1-7-26(5,6)25(28)30-22-14-16(2)12-19-9-8-18(4)21(24(19)22)11-10-20-13-17(3)15-23(27)29-20;1-6-25(4,5)24(28)30-21-12-15(2)11-17-8-7-16(3)20(23(17)21)10-9-19-13-18(26)14-22(27)29-19;1-5-15(3)24(27)29-21-11-14(2)10-17-7-6-16(4)20(23(17)21)9-8-19-12-18(25)13-22(26)28-19;1-12-8-15-5-4-14(3)17(20(15)18(21)10-12)7-6-16-9-13(2)11-19(22)23-16;1-11-7-13-4-3-12(2)16(19(13)17(21)8-11)6-5-15-9-14(20)10-18(22)23-15/h8-9,12,16-18,20-22,24H,7,10-11,13-15H2,1-6H3;7-8,11,15-16,18-21,23,26H,6,9-10,12-14H2,1-5H3;6-7,10,14-16,18-21,23,25H,5,8-9,11-13H2,1-4H3;4-5,8,12-14,16-18,20-21H,6-7,9-11H2,1-3H3;3-4,7,11-12,14-17,19-21H,5-6,8-10H2,1-2H3/t16-,17+,18-,20+,21-,22-,24-;15-,16-,18+,19+,20-,21-,23-;14-,15?,16-,18+,19+,20-,21-,23?;12-,13+,14-,16+,17-,18-,20-;11-,12-,14+,15+,16-,17-,19-/m00000/s1. The first kappa shape index (κ1) is 108. The highest BCUT2D eigenvalue weighted by molar-refractivity contribution is 5.77. The van der Waals surface area contributed by atoms with Gasteiger partial charge in [-0.25, -0.2) is 0 Å². The highest BCUT2D eigenvalue weighted by Crippen LogP contribution is 2.52. The van der Waals surface area contributed by atoms with E-state index in [1.807, 2.05) is 55.4 Å². The summed E-state index contributed by atoms with van der Waals surface area (Å²) >= 11 is 0. The summed E-state index contributed by atoms with van der Waals surface area (Å²) in [7, 11) is 0. The summed E-state index contributed by atoms with van der Waals surface area (Å²) in [6, 6.07) is 0. The zero-order chi connectivity index (χ0) is 98.4. The number of fused-ring (bicyclic) bond motifs is 5. The molecule has 10 aliphatic carbocycles. The van der Waals surface area contributed by atoms with E-state index in [1.54, 1.807) is 0 Å². The molecular weight excluding hydrogens is 1710 g/mol. The number of esters is 8. The predicted molar refractivity (Wildman–Crippen MR) is 523 cm³/mol. The summed E-state index contributed by atoms with van der Waals surface area (Å²) in [4.78, 5) is 96.6. The van der Waals surface area contributed by atoms with Gasteiger partial charge in [-0.15, -0.1) is 0 Å². The molecule has 5 N–H and O–H groups in total. The number of cyclic esters (lactones) is 5. The molecule has 5 aliphatic heterocycles. The van der Waals surface area contributed by atoms with Crippen LogP contribution in [-0.2, 0) is 76.3 Å². The summed E-state index contributed by atoms with van der Waals surface area (Å²) < 4.78 is 45.8. The molecule has 135 heavy (non-hydrogen) atoms. The summed E-state index contributed by atoms with van der Waals surface area (Å²) in [5, 5.41) is 50.8. The van der Waals surface area contributed by atoms with Gasteiger partial charge in [-0.05, 0) is 285 Å². The first-order valence-corrected chi connectivity index (χ1v) is 52.9. The van der Waals surface area contributed by atoms with Crippen LogP contribution in [-0.4, -0.2) is 153 Å². The third-order valence-corrected chi connectivity index (χ3v) is 33.5. The van der Waals surface area contributed by atoms with Crippen molar-refractivity contribution >= 4 is 47.8 Å². The highest BCUT2D eigenvalue weighted by atomic mass is 16.6. The van der Waals surface area contributed by atoms with E-state index in [0.29, 0.717) is 133 Å². The molecule has 5 saturated heterocycles. The van der Waals surface area contributed by atoms with Gasteiger partial charge in [0.2, 0.25) is 0 Å². The molecule has 5 heterocycles. The largest absolute Gasteiger partial charge is 0.462 e. The Kier molecular flexibility index (Phi) is 39.3. The van der Waals surface area contributed by atoms with E-state index in [0.717, 1.165) is 128 Å². The van der Waals surface area contributed by atoms with Crippen molar-refractivity contribution < 1.29 is 102 Å². The van der Waals surface area contributed by atoms with Crippen molar-refractivity contribution in [2.24, 2.45) is 147 Å². The molecular formula is C114H172O21. The van der Waals surface area contributed by atoms with Crippen LogP contribution in [0.5, 0.6) is 0 Å². The van der Waals surface area contributed by atoms with Crippen molar-refractivity contribution in [3.05, 3.63) is 119 Å². The van der Waals surface area contributed by atoms with Crippen LogP contribution in [0, 0.1) is 147 Å². The second-order valence-corrected chi connectivity index (χ2v) is 46.0. The number of hydrogen-bond donors (Lipinski definition) is 5. The lowest BCUT2D eigenvalue weighted by Crippen LogP contribution is -2.43. The second-order valence-electron chi connectivity index (χ2n) is 46.0. The first-order chi connectivity index (χ1) is 63.9. The molecule has 36 atom stereocenters. The average molecular weight is 1880 g/mol. The van der Waals surface area contributed by atoms with Crippen molar-refractivity contribution in [3.8, 4) is 0 Å². The molecule has 21 heteroatoms. The number of aliphatic hydroxyl groups is 5. The number of carbonyl (C=O) groups excluding carboxylic acids is 8. The van der Waals surface area contributed by atoms with Crippen molar-refractivity contribution in [1.82, 2.24) is 0 Å². The van der Waals surface area contributed by atoms with Crippen LogP contribution in [0.1, 0.15) is 318 Å². The van der Waals surface area contributed by atoms with Crippen LogP contribution in [0.4, 0.5) is 0 Å². The fraction of sp³-hybridized carbons (Fsp3) is 0.754. The molecule has 0 aromatic heterocycles. The lowest BCUT2D eigenvalue weighted by Gasteiger charge is -2.44. The Balaban J connectivity index is 0.000000163. The lowest BCUT2D eigenvalue weighted by atomic mass is 9.65. The topological polar surface area (TPSA) is 312 Å². The van der Waals surface area contributed by atoms with Crippen molar-refractivity contribution in [3.63, 3.8) is 0 Å². The highest BCUT2D eigenvalue weighted by Gasteiger charge is 2.50. The maximum absolute atomic E-state index is 12.9. The third-order valence-electron chi connectivity index (χ3n) is 33.5. The summed E-state index contributed by atoms with van der Waals surface area (Å²) in [5.74, 6) is 6.33. The van der Waals surface area contributed by atoms with Crippen molar-refractivity contribution in [2.45, 2.75) is 398 Å². The molecule has 2 unspecified atom stereocenters. The molecule has 0 bridgehead atoms. The summed E-state index contributed by atoms with van der Waals surface area (Å²) in [6.07, 6.45) is 51.0. The Hall–Kier alpha value is -7.04. The van der Waals surface area contributed by atoms with Gasteiger partial charge < -0.3 is 63.4 Å². The van der Waals surface area contributed by atoms with Gasteiger partial charge in [-0.2, -0.15) is 0 Å². The SMILES string of the molecule is CCC(C)(C)C(=O)O[C@H]1C[C@@H](C)C=C2C=C[C@H](C)[C@H](CC[C@@H]3C[C@@H](C)CC(=O)O3)[C@H]21.CCC(C)(C)C(=O)O[C@H]1C[C@@H](C)C=C2C=C[C@H](C)[C@H](CC[C@@H]3C[C@@H](O)CC(=O)O3)[C@H]21.CCC(C)C(=O)O[C@H]1C[C@@H](C)C=C2C=C[C@H](C)[C@H](CC[C@@H]3C[C@@H](O)CC(=O)O3)C21.C[C@H]1C=C2C=C[C@H](C)[C@H](CC[C@@H]3C[C@@H](O)CC(=O)O3)[C@H]2[C@@H](O)C1.C[C@H]1CC(=O)O[C@H](CC[C@@H]2[C@@H]3C(=C[C@H](C)C[C@@H]3O)C=C[C@@H]2C)C1. The molecule has 15 aliphatic rings. The van der Waals surface area contributed by atoms with Crippen molar-refractivity contribution in [2.75, 3.05) is 0 Å². The third kappa shape index (κ3) is 29.6. The molecule has 21 nitrogen and oxygen atoms in total. The molecule has 0 amide bonds. The number of ether oxygens (including phenoxy) is 8. The van der Waals surface area contributed by atoms with Crippen LogP contribution < -0.4 is 0 Å². The minimum absolute atomic E-state index is 0.0225. The van der Waals surface area contributed by atoms with Gasteiger partial charge >= 0.3 is 47.8 Å². The molecule has 0 saturated carbocycles. The van der Waals surface area contributed by atoms with Gasteiger partial charge in [0.15, 0.2) is 0 Å². The lowest BCUT2D eigenvalue weighted by molar-refractivity contribution is -0.166. The van der Waals surface area contributed by atoms with E-state index in [9.17, 15) is 63.9 Å². The molecule has 5 fully saturated rings. The van der Waals surface area contributed by atoms with Gasteiger partial charge in [0.05, 0.1) is 66.5 Å². The maximum atomic E-state index is 12.9. The van der Waals surface area contributed by atoms with E-state index in [2.05, 4.69) is 174 Å². The Morgan fingerprint density at radius 1 is 0.333 bits per heavy atom. The minimum atomic E-state index is -0.601. The van der Waals surface area contributed by atoms with Crippen LogP contribution in [0.25, 0.3) is 0 Å². The molecule has 0 aromatic rings. The Morgan fingerprint density at radius 3 is 0.822 bits per heavy atom. The van der Waals surface area contributed by atoms with Gasteiger partial charge in [0.25, 0.3) is 0 Å². The molecule has 754 valence electrons. The second kappa shape index (κ2) is 48.9. The Bertz CT molecular complexity index is 4120. The Morgan fingerprint density at radius 2 is 0.570 bits per heavy atom. The Labute approximate surface area is 808 Å². The zero-order valence-electron chi connectivity index (χ0n) is 85.5. The van der Waals surface area contributed by atoms with E-state index in [1.165, 1.54) is 27.9 Å². The quantitative estimate of drug-likeness (QED) is 0.0443. The smallest absolute Gasteiger partial charge is 0.311 e. The number of hydrogen-bond acceptors (Lipinski definition) is 21. The number of rotatable bonds is 24. The van der Waals surface area contributed by atoms with E-state index in [-0.39, 0.29) is 164 Å². The fourth-order valence-electron chi connectivity index (χ4n) is 24.8. The van der Waals surface area contributed by atoms with Crippen LogP contribution in [0.2, 0.25) is 0 Å². The first-order valence-electron chi connectivity index (χ1n) is 52.9. The normalized spacial score (nSPS) is 39.2. The van der Waals surface area contributed by atoms with Crippen LogP contribution in [0.15, 0.2) is 119 Å². The number of carbonyl (C=O) groups is 8. The van der Waals surface area contributed by atoms with Crippen LogP contribution >= 0.6 is 0 Å². The monoisotopic (exact) mass is 1880 g/mol. The van der Waals surface area contributed by atoms with Gasteiger partial charge in [-0.3, -0.25) is 38.4 Å². The fourth-order valence-corrected chi connectivity index (χ4v) is 24.8. The van der Waals surface area contributed by atoms with E-state index in [4.69, 9.17) is 37.9 Å². The van der Waals surface area contributed by atoms with Gasteiger partial charge in [0, 0.05) is 61.7 Å².